The maximum atomic E-state index is 3.84. The lowest BCUT2D eigenvalue weighted by Gasteiger charge is -1.95. The Morgan fingerprint density at radius 3 is 2.13 bits per heavy atom. The molecule has 0 aliphatic carbocycles. The molecule has 0 aromatic heterocycles. The minimum atomic E-state index is 0.985. The van der Waals surface area contributed by atoms with E-state index in [9.17, 15) is 0 Å². The minimum Gasteiger partial charge on any atom is -0.103 e. The first-order chi connectivity index (χ1) is 7.41. The molecule has 85 valence electrons. The molecule has 0 fully saturated rings. The van der Waals surface area contributed by atoms with E-state index in [2.05, 4.69) is 37.8 Å². The largest absolute Gasteiger partial charge is 0.103 e. The molecule has 0 heterocycles. The summed E-state index contributed by atoms with van der Waals surface area (Å²) in [6, 6.07) is 0. The Hall–Kier alpha value is -0.780. The zero-order valence-corrected chi connectivity index (χ0v) is 9.96. The van der Waals surface area contributed by atoms with Crippen LogP contribution in [0.1, 0.15) is 51.4 Å². The molecular weight excluding hydrogens is 180 g/mol. The summed E-state index contributed by atoms with van der Waals surface area (Å²) in [6.45, 7) is 7.51. The quantitative estimate of drug-likeness (QED) is 0.338. The number of hydrogen-bond donors (Lipinski definition) is 0. The van der Waals surface area contributed by atoms with Crippen LogP contribution in [0.2, 0.25) is 0 Å². The van der Waals surface area contributed by atoms with Crippen LogP contribution < -0.4 is 0 Å². The monoisotopic (exact) mass is 205 g/mol. The Bertz CT molecular complexity index is 174. The van der Waals surface area contributed by atoms with E-state index in [1.54, 1.807) is 0 Å². The van der Waals surface area contributed by atoms with E-state index in [0.717, 1.165) is 19.3 Å². The van der Waals surface area contributed by atoms with Gasteiger partial charge in [0.25, 0.3) is 0 Å². The van der Waals surface area contributed by atoms with Crippen LogP contribution in [0.5, 0.6) is 0 Å². The van der Waals surface area contributed by atoms with Crippen molar-refractivity contribution in [1.29, 1.82) is 0 Å². The summed E-state index contributed by atoms with van der Waals surface area (Å²) in [7, 11) is 0. The van der Waals surface area contributed by atoms with Gasteiger partial charge in [-0.2, -0.15) is 0 Å². The Kier molecular flexibility index (Phi) is 12.5. The Labute approximate surface area is 95.8 Å². The van der Waals surface area contributed by atoms with Gasteiger partial charge in [-0.3, -0.25) is 0 Å². The Morgan fingerprint density at radius 1 is 0.733 bits per heavy atom. The van der Waals surface area contributed by atoms with Gasteiger partial charge in [0.15, 0.2) is 0 Å². The molecule has 0 saturated heterocycles. The molecule has 0 aliphatic rings. The first-order valence-electron chi connectivity index (χ1n) is 6.12. The highest BCUT2D eigenvalue weighted by Gasteiger charge is 1.85. The summed E-state index contributed by atoms with van der Waals surface area (Å²) >= 11 is 0. The predicted molar refractivity (Wildman–Crippen MR) is 70.8 cm³/mol. The fraction of sp³-hybridized carbons (Fsp3) is 0.533. The van der Waals surface area contributed by atoms with E-state index in [4.69, 9.17) is 0 Å². The minimum absolute atomic E-state index is 0.985. The van der Waals surface area contributed by atoms with Crippen molar-refractivity contribution < 1.29 is 0 Å². The number of hydrogen-bond acceptors (Lipinski definition) is 0. The lowest BCUT2D eigenvalue weighted by atomic mass is 10.1. The zero-order valence-electron chi connectivity index (χ0n) is 9.96. The van der Waals surface area contributed by atoms with Gasteiger partial charge in [-0.25, -0.2) is 0 Å². The molecule has 15 heavy (non-hydrogen) atoms. The fourth-order valence-electron chi connectivity index (χ4n) is 1.37. The first-order valence-corrected chi connectivity index (χ1v) is 6.12. The van der Waals surface area contributed by atoms with Crippen LogP contribution in [0.3, 0.4) is 0 Å². The van der Waals surface area contributed by atoms with E-state index >= 15 is 0 Å². The second-order valence-corrected chi connectivity index (χ2v) is 3.76. The van der Waals surface area contributed by atoms with Crippen LogP contribution in [0.25, 0.3) is 0 Å². The molecule has 0 aromatic rings. The lowest BCUT2D eigenvalue weighted by Crippen LogP contribution is -1.75. The summed E-state index contributed by atoms with van der Waals surface area (Å²) in [4.78, 5) is 0. The van der Waals surface area contributed by atoms with Gasteiger partial charge in [-0.05, 0) is 25.7 Å². The highest BCUT2D eigenvalue weighted by atomic mass is 13.9. The molecule has 0 nitrogen and oxygen atoms in total. The normalized spacial score (nSPS) is 11.5. The van der Waals surface area contributed by atoms with Crippen molar-refractivity contribution >= 4 is 0 Å². The van der Waals surface area contributed by atoms with Crippen LogP contribution in [0, 0.1) is 6.92 Å². The van der Waals surface area contributed by atoms with Gasteiger partial charge in [-0.1, -0.05) is 63.0 Å². The summed E-state index contributed by atoms with van der Waals surface area (Å²) in [5, 5.41) is 0. The smallest absolute Gasteiger partial charge is 0.0169 e. The lowest BCUT2D eigenvalue weighted by molar-refractivity contribution is 0.651. The Morgan fingerprint density at radius 2 is 1.40 bits per heavy atom. The van der Waals surface area contributed by atoms with Crippen molar-refractivity contribution in [3.05, 3.63) is 43.9 Å². The predicted octanol–water partition coefficient (Wildman–Crippen LogP) is 5.24. The van der Waals surface area contributed by atoms with Crippen LogP contribution in [-0.4, -0.2) is 0 Å². The van der Waals surface area contributed by atoms with E-state index in [-0.39, 0.29) is 0 Å². The van der Waals surface area contributed by atoms with Crippen LogP contribution >= 0.6 is 0 Å². The van der Waals surface area contributed by atoms with Gasteiger partial charge in [0, 0.05) is 0 Å². The third kappa shape index (κ3) is 13.2. The maximum absolute atomic E-state index is 3.84. The van der Waals surface area contributed by atoms with E-state index < -0.39 is 0 Å². The van der Waals surface area contributed by atoms with Gasteiger partial charge in [0.1, 0.15) is 0 Å². The molecule has 1 radical (unpaired) electrons. The SMILES string of the molecule is [CH2]CCCCCCC=CCC=CCC=C. The molecule has 0 aromatic carbocycles. The first kappa shape index (κ1) is 14.2. The number of rotatable bonds is 10. The number of allylic oxidation sites excluding steroid dienone is 5. The average molecular weight is 205 g/mol. The average Bonchev–Trinajstić information content (AvgIpc) is 2.26. The highest BCUT2D eigenvalue weighted by molar-refractivity contribution is 4.95. The van der Waals surface area contributed by atoms with Crippen molar-refractivity contribution in [2.24, 2.45) is 0 Å². The van der Waals surface area contributed by atoms with Crippen molar-refractivity contribution in [3.63, 3.8) is 0 Å². The topological polar surface area (TPSA) is 0 Å². The zero-order chi connectivity index (χ0) is 11.2. The van der Waals surface area contributed by atoms with Crippen LogP contribution in [0.15, 0.2) is 37.0 Å². The molecule has 0 aliphatic heterocycles. The molecule has 0 unspecified atom stereocenters. The van der Waals surface area contributed by atoms with E-state index in [1.165, 1.54) is 32.1 Å². The van der Waals surface area contributed by atoms with Gasteiger partial charge in [-0.15, -0.1) is 6.58 Å². The van der Waals surface area contributed by atoms with Gasteiger partial charge in [0.05, 0.1) is 0 Å². The van der Waals surface area contributed by atoms with Crippen molar-refractivity contribution in [2.45, 2.75) is 51.4 Å². The van der Waals surface area contributed by atoms with E-state index in [1.807, 2.05) is 6.08 Å². The Balaban J connectivity index is 3.13. The summed E-state index contributed by atoms with van der Waals surface area (Å²) < 4.78 is 0. The van der Waals surface area contributed by atoms with Gasteiger partial charge in [0.2, 0.25) is 0 Å². The third-order valence-corrected chi connectivity index (χ3v) is 2.28. The second kappa shape index (κ2) is 13.2. The summed E-state index contributed by atoms with van der Waals surface area (Å²) in [5.41, 5.74) is 0. The van der Waals surface area contributed by atoms with Crippen molar-refractivity contribution in [1.82, 2.24) is 0 Å². The number of unbranched alkanes of at least 4 members (excludes halogenated alkanes) is 5. The molecule has 0 rings (SSSR count). The van der Waals surface area contributed by atoms with Crippen LogP contribution in [0.4, 0.5) is 0 Å². The molecule has 0 saturated carbocycles. The molecule has 0 N–H and O–H groups in total. The molecular formula is C15H25. The fourth-order valence-corrected chi connectivity index (χ4v) is 1.37. The van der Waals surface area contributed by atoms with Crippen LogP contribution in [-0.2, 0) is 0 Å². The van der Waals surface area contributed by atoms with E-state index in [0.29, 0.717) is 0 Å². The summed E-state index contributed by atoms with van der Waals surface area (Å²) in [5.74, 6) is 0. The second-order valence-electron chi connectivity index (χ2n) is 3.76. The van der Waals surface area contributed by atoms with Gasteiger partial charge >= 0.3 is 0 Å². The maximum Gasteiger partial charge on any atom is -0.0169 e. The molecule has 0 bridgehead atoms. The molecule has 0 heteroatoms. The summed E-state index contributed by atoms with van der Waals surface area (Å²) in [6.07, 6.45) is 20.5. The van der Waals surface area contributed by atoms with Gasteiger partial charge < -0.3 is 0 Å². The van der Waals surface area contributed by atoms with Crippen molar-refractivity contribution in [2.75, 3.05) is 0 Å². The third-order valence-electron chi connectivity index (χ3n) is 2.28. The highest BCUT2D eigenvalue weighted by Crippen LogP contribution is 2.05. The standard InChI is InChI=1S/C15H25/c1-3-5-7-9-11-13-15-14-12-10-8-6-4-2/h3,7,9,13,15H,1-2,4-6,8,10-12,14H2. The molecule has 0 amide bonds. The van der Waals surface area contributed by atoms with Crippen molar-refractivity contribution in [3.8, 4) is 0 Å². The molecule has 0 spiro atoms. The molecule has 0 atom stereocenters.